The van der Waals surface area contributed by atoms with Gasteiger partial charge in [0.15, 0.2) is 0 Å². The molecule has 4 nitrogen and oxygen atoms in total. The van der Waals surface area contributed by atoms with E-state index in [0.717, 1.165) is 22.9 Å². The summed E-state index contributed by atoms with van der Waals surface area (Å²) in [7, 11) is 0. The Labute approximate surface area is 103 Å². The maximum atomic E-state index is 5.42. The molecule has 0 amide bonds. The van der Waals surface area contributed by atoms with Crippen molar-refractivity contribution in [3.05, 3.63) is 35.0 Å². The Bertz CT molecular complexity index is 386. The topological polar surface area (TPSA) is 52.1 Å². The highest BCUT2D eigenvalue weighted by Gasteiger charge is 1.95. The van der Waals surface area contributed by atoms with Crippen LogP contribution in [0.1, 0.15) is 22.9 Å². The van der Waals surface area contributed by atoms with Gasteiger partial charge < -0.3 is 9.05 Å². The van der Waals surface area contributed by atoms with Gasteiger partial charge >= 0.3 is 0 Å². The molecule has 0 spiro atoms. The van der Waals surface area contributed by atoms with Crippen LogP contribution in [-0.2, 0) is 11.8 Å². The van der Waals surface area contributed by atoms with Gasteiger partial charge in [0, 0.05) is 12.1 Å². The minimum absolute atomic E-state index is 0.428. The van der Waals surface area contributed by atoms with Crippen molar-refractivity contribution in [1.29, 1.82) is 0 Å². The summed E-state index contributed by atoms with van der Waals surface area (Å²) in [5.41, 5.74) is 1.59. The van der Waals surface area contributed by atoms with E-state index in [4.69, 9.17) is 32.2 Å². The number of nitrogens with zero attached hydrogens (tertiary/aromatic N) is 2. The van der Waals surface area contributed by atoms with Gasteiger partial charge in [0.1, 0.15) is 11.5 Å². The number of aryl methyl sites for hydroxylation is 2. The summed E-state index contributed by atoms with van der Waals surface area (Å²) in [6.07, 6.45) is 0. The van der Waals surface area contributed by atoms with Crippen molar-refractivity contribution in [2.24, 2.45) is 0 Å². The second-order valence-electron chi connectivity index (χ2n) is 3.13. The molecule has 0 aliphatic heterocycles. The van der Waals surface area contributed by atoms with Crippen LogP contribution in [0, 0.1) is 13.8 Å². The fraction of sp³-hybridized carbons (Fsp3) is 0.400. The van der Waals surface area contributed by atoms with Crippen LogP contribution in [0.25, 0.3) is 0 Å². The van der Waals surface area contributed by atoms with Gasteiger partial charge in [-0.3, -0.25) is 0 Å². The van der Waals surface area contributed by atoms with Gasteiger partial charge in [0.25, 0.3) is 0 Å². The quantitative estimate of drug-likeness (QED) is 0.779. The van der Waals surface area contributed by atoms with Gasteiger partial charge in [-0.05, 0) is 13.8 Å². The van der Waals surface area contributed by atoms with Crippen LogP contribution < -0.4 is 0 Å². The van der Waals surface area contributed by atoms with Crippen molar-refractivity contribution in [1.82, 2.24) is 10.3 Å². The Balaban J connectivity index is 0.000000160. The number of hydrogen-bond acceptors (Lipinski definition) is 4. The minimum atomic E-state index is 0.428. The third kappa shape index (κ3) is 4.24. The summed E-state index contributed by atoms with van der Waals surface area (Å²) in [6, 6.07) is 3.62. The predicted molar refractivity (Wildman–Crippen MR) is 61.6 cm³/mol. The molecule has 2 heterocycles. The molecule has 0 N–H and O–H groups in total. The maximum absolute atomic E-state index is 5.42. The molecule has 88 valence electrons. The number of aromatic nitrogens is 2. The van der Waals surface area contributed by atoms with E-state index in [9.17, 15) is 0 Å². The zero-order chi connectivity index (χ0) is 12.0. The summed E-state index contributed by atoms with van der Waals surface area (Å²) in [5.74, 6) is 2.47. The van der Waals surface area contributed by atoms with E-state index in [0.29, 0.717) is 11.8 Å². The monoisotopic (exact) mass is 262 g/mol. The van der Waals surface area contributed by atoms with Crippen LogP contribution in [0.2, 0.25) is 0 Å². The van der Waals surface area contributed by atoms with E-state index in [-0.39, 0.29) is 0 Å². The average molecular weight is 263 g/mol. The molecule has 0 aromatic carbocycles. The molecule has 0 aliphatic carbocycles. The molecule has 0 saturated heterocycles. The van der Waals surface area contributed by atoms with Crippen molar-refractivity contribution in [3.63, 3.8) is 0 Å². The van der Waals surface area contributed by atoms with E-state index >= 15 is 0 Å². The molecule has 0 bridgehead atoms. The summed E-state index contributed by atoms with van der Waals surface area (Å²) in [5, 5.41) is 7.25. The minimum Gasteiger partial charge on any atom is -0.361 e. The number of alkyl halides is 2. The predicted octanol–water partition coefficient (Wildman–Crippen LogP) is 3.44. The van der Waals surface area contributed by atoms with E-state index < -0.39 is 0 Å². The molecule has 0 saturated carbocycles. The molecule has 16 heavy (non-hydrogen) atoms. The number of hydrogen-bond donors (Lipinski definition) is 0. The average Bonchev–Trinajstić information content (AvgIpc) is 2.88. The highest BCUT2D eigenvalue weighted by atomic mass is 35.5. The smallest absolute Gasteiger partial charge is 0.133 e. The molecule has 6 heteroatoms. The largest absolute Gasteiger partial charge is 0.361 e. The first-order valence-corrected chi connectivity index (χ1v) is 5.69. The molecule has 0 unspecified atom stereocenters. The lowest BCUT2D eigenvalue weighted by Crippen LogP contribution is -1.70. The lowest BCUT2D eigenvalue weighted by molar-refractivity contribution is 0.392. The van der Waals surface area contributed by atoms with E-state index in [1.165, 1.54) is 0 Å². The molecule has 0 aliphatic rings. The second-order valence-corrected chi connectivity index (χ2v) is 3.66. The van der Waals surface area contributed by atoms with Gasteiger partial charge in [-0.15, -0.1) is 23.2 Å². The maximum Gasteiger partial charge on any atom is 0.133 e. The SMILES string of the molecule is Cc1cc(CCl)no1.Cc1cc(CCl)no1. The van der Waals surface area contributed by atoms with Crippen molar-refractivity contribution in [3.8, 4) is 0 Å². The van der Waals surface area contributed by atoms with Crippen LogP contribution in [0.3, 0.4) is 0 Å². The normalized spacial score (nSPS) is 9.75. The van der Waals surface area contributed by atoms with Gasteiger partial charge in [-0.25, -0.2) is 0 Å². The molecule has 0 radical (unpaired) electrons. The molecule has 0 fully saturated rings. The Hall–Kier alpha value is -1.00. The summed E-state index contributed by atoms with van der Waals surface area (Å²) < 4.78 is 9.44. The van der Waals surface area contributed by atoms with E-state index in [1.54, 1.807) is 0 Å². The first-order chi connectivity index (χ1) is 7.65. The first-order valence-electron chi connectivity index (χ1n) is 4.62. The van der Waals surface area contributed by atoms with Gasteiger partial charge in [-0.2, -0.15) is 0 Å². The van der Waals surface area contributed by atoms with E-state index in [2.05, 4.69) is 10.3 Å². The zero-order valence-corrected chi connectivity index (χ0v) is 10.5. The third-order valence-corrected chi connectivity index (χ3v) is 2.18. The lowest BCUT2D eigenvalue weighted by atomic mass is 10.4. The second kappa shape index (κ2) is 6.55. The fourth-order valence-corrected chi connectivity index (χ4v) is 1.21. The van der Waals surface area contributed by atoms with E-state index in [1.807, 2.05) is 26.0 Å². The van der Waals surface area contributed by atoms with Crippen molar-refractivity contribution >= 4 is 23.2 Å². The Morgan fingerprint density at radius 2 is 1.31 bits per heavy atom. The van der Waals surface area contributed by atoms with Gasteiger partial charge in [0.2, 0.25) is 0 Å². The molecule has 2 aromatic heterocycles. The Kier molecular flexibility index (Phi) is 5.35. The third-order valence-electron chi connectivity index (χ3n) is 1.63. The van der Waals surface area contributed by atoms with Crippen molar-refractivity contribution < 1.29 is 9.05 Å². The summed E-state index contributed by atoms with van der Waals surface area (Å²) >= 11 is 10.8. The van der Waals surface area contributed by atoms with Crippen molar-refractivity contribution in [2.75, 3.05) is 0 Å². The summed E-state index contributed by atoms with van der Waals surface area (Å²) in [6.45, 7) is 3.67. The molecule has 2 rings (SSSR count). The Morgan fingerprint density at radius 1 is 0.938 bits per heavy atom. The fourth-order valence-electron chi connectivity index (χ4n) is 0.962. The zero-order valence-electron chi connectivity index (χ0n) is 9.04. The Morgan fingerprint density at radius 3 is 1.44 bits per heavy atom. The highest BCUT2D eigenvalue weighted by Crippen LogP contribution is 2.03. The van der Waals surface area contributed by atoms with Crippen LogP contribution in [0.5, 0.6) is 0 Å². The van der Waals surface area contributed by atoms with Gasteiger partial charge in [0.05, 0.1) is 23.1 Å². The first kappa shape index (κ1) is 13.1. The molecular weight excluding hydrogens is 251 g/mol. The molecular formula is C10H12Cl2N2O2. The highest BCUT2D eigenvalue weighted by molar-refractivity contribution is 6.17. The molecule has 0 atom stereocenters. The molecule has 2 aromatic rings. The lowest BCUT2D eigenvalue weighted by Gasteiger charge is -1.72. The van der Waals surface area contributed by atoms with Gasteiger partial charge in [-0.1, -0.05) is 10.3 Å². The standard InChI is InChI=1S/2C5H6ClNO/c2*1-4-2-5(3-6)7-8-4/h2*2H,3H2,1H3. The number of halogens is 2. The number of rotatable bonds is 2. The summed E-state index contributed by atoms with van der Waals surface area (Å²) in [4.78, 5) is 0. The van der Waals surface area contributed by atoms with Crippen LogP contribution in [0.4, 0.5) is 0 Å². The van der Waals surface area contributed by atoms with Crippen molar-refractivity contribution in [2.45, 2.75) is 25.6 Å². The van der Waals surface area contributed by atoms with Crippen LogP contribution >= 0.6 is 23.2 Å². The van der Waals surface area contributed by atoms with Crippen LogP contribution in [-0.4, -0.2) is 10.3 Å². The van der Waals surface area contributed by atoms with Crippen LogP contribution in [0.15, 0.2) is 21.2 Å².